The number of rotatable bonds is 8. The molecule has 6 nitrogen and oxygen atoms in total. The Morgan fingerprint density at radius 1 is 1.00 bits per heavy atom. The summed E-state index contributed by atoms with van der Waals surface area (Å²) in [5.41, 5.74) is 5.61. The molecule has 6 rings (SSSR count). The summed E-state index contributed by atoms with van der Waals surface area (Å²) in [4.78, 5) is 20.6. The van der Waals surface area contributed by atoms with Gasteiger partial charge >= 0.3 is 0 Å². The number of aryl methyl sites for hydroxylation is 2. The largest absolute Gasteiger partial charge is 0.306 e. The van der Waals surface area contributed by atoms with Gasteiger partial charge in [-0.05, 0) is 91.3 Å². The van der Waals surface area contributed by atoms with Crippen molar-refractivity contribution in [1.82, 2.24) is 9.71 Å². The fourth-order valence-corrected chi connectivity index (χ4v) is 7.20. The van der Waals surface area contributed by atoms with Gasteiger partial charge in [-0.15, -0.1) is 0 Å². The second kappa shape index (κ2) is 10.8. The van der Waals surface area contributed by atoms with Crippen molar-refractivity contribution >= 4 is 33.2 Å². The lowest BCUT2D eigenvalue weighted by molar-refractivity contribution is -0.120. The molecule has 1 aromatic heterocycles. The first-order chi connectivity index (χ1) is 19.3. The lowest BCUT2D eigenvalue weighted by Gasteiger charge is -2.25. The van der Waals surface area contributed by atoms with Gasteiger partial charge in [-0.1, -0.05) is 60.1 Å². The number of amides is 1. The van der Waals surface area contributed by atoms with Crippen LogP contribution in [-0.2, 0) is 27.8 Å². The minimum absolute atomic E-state index is 0.0613. The Hall–Kier alpha value is -3.52. The molecule has 0 bridgehead atoms. The van der Waals surface area contributed by atoms with Crippen molar-refractivity contribution in [3.05, 3.63) is 124 Å². The third kappa shape index (κ3) is 5.55. The highest BCUT2D eigenvalue weighted by atomic mass is 35.5. The van der Waals surface area contributed by atoms with E-state index < -0.39 is 16.1 Å². The molecule has 3 aromatic carbocycles. The van der Waals surface area contributed by atoms with Crippen molar-refractivity contribution in [2.75, 3.05) is 4.90 Å². The number of hydrogen-bond acceptors (Lipinski definition) is 4. The minimum atomic E-state index is -3.78. The van der Waals surface area contributed by atoms with Crippen molar-refractivity contribution in [2.24, 2.45) is 5.92 Å². The van der Waals surface area contributed by atoms with Gasteiger partial charge in [-0.3, -0.25) is 9.78 Å². The number of nitrogens with one attached hydrogen (secondary N) is 1. The zero-order chi connectivity index (χ0) is 27.9. The van der Waals surface area contributed by atoms with Crippen LogP contribution in [0.15, 0.2) is 95.9 Å². The third-order valence-corrected chi connectivity index (χ3v) is 9.49. The molecule has 0 aliphatic heterocycles. The number of carbonyl (C=O) groups is 1. The molecule has 3 atom stereocenters. The normalized spacial score (nSPS) is 19.7. The predicted octanol–water partition coefficient (Wildman–Crippen LogP) is 6.35. The van der Waals surface area contributed by atoms with E-state index in [4.69, 9.17) is 11.6 Å². The maximum Gasteiger partial charge on any atom is 0.241 e. The number of sulfonamides is 1. The van der Waals surface area contributed by atoms with Crippen LogP contribution in [0, 0.1) is 12.8 Å². The van der Waals surface area contributed by atoms with E-state index in [1.54, 1.807) is 12.1 Å². The van der Waals surface area contributed by atoms with Gasteiger partial charge in [0.1, 0.15) is 0 Å². The fraction of sp³-hybridized carbons (Fsp3) is 0.250. The first-order valence-electron chi connectivity index (χ1n) is 13.5. The zero-order valence-electron chi connectivity index (χ0n) is 22.1. The number of nitrogens with zero attached hydrogens (tertiary/aromatic N) is 2. The molecule has 1 amide bonds. The summed E-state index contributed by atoms with van der Waals surface area (Å²) in [6.07, 6.45) is 2.21. The molecule has 0 unspecified atom stereocenters. The van der Waals surface area contributed by atoms with E-state index >= 15 is 0 Å². The van der Waals surface area contributed by atoms with Gasteiger partial charge in [0, 0.05) is 28.4 Å². The lowest BCUT2D eigenvalue weighted by Crippen LogP contribution is -2.33. The summed E-state index contributed by atoms with van der Waals surface area (Å²) in [6, 6.07) is 27.8. The summed E-state index contributed by atoms with van der Waals surface area (Å²) in [5, 5.41) is 0.366. The van der Waals surface area contributed by atoms with Crippen LogP contribution in [-0.4, -0.2) is 19.3 Å². The van der Waals surface area contributed by atoms with Gasteiger partial charge < -0.3 is 4.90 Å². The lowest BCUT2D eigenvalue weighted by atomic mass is 10.1. The first kappa shape index (κ1) is 26.7. The Balaban J connectivity index is 1.30. The van der Waals surface area contributed by atoms with Crippen LogP contribution in [0.2, 0.25) is 5.02 Å². The summed E-state index contributed by atoms with van der Waals surface area (Å²) >= 11 is 6.06. The van der Waals surface area contributed by atoms with Crippen LogP contribution >= 0.6 is 11.6 Å². The van der Waals surface area contributed by atoms with Crippen LogP contribution in [0.1, 0.15) is 52.9 Å². The molecular weight excluding hydrogens is 542 g/mol. The molecule has 204 valence electrons. The van der Waals surface area contributed by atoms with Gasteiger partial charge in [0.2, 0.25) is 15.9 Å². The van der Waals surface area contributed by atoms with Crippen molar-refractivity contribution in [3.8, 4) is 0 Å². The smallest absolute Gasteiger partial charge is 0.241 e. The van der Waals surface area contributed by atoms with Crippen LogP contribution in [0.25, 0.3) is 0 Å². The van der Waals surface area contributed by atoms with E-state index in [2.05, 4.69) is 21.8 Å². The summed E-state index contributed by atoms with van der Waals surface area (Å²) in [5.74, 6) is 0.164. The van der Waals surface area contributed by atoms with Crippen LogP contribution in [0.5, 0.6) is 0 Å². The maximum atomic E-state index is 14.0. The monoisotopic (exact) mass is 571 g/mol. The van der Waals surface area contributed by atoms with Crippen LogP contribution < -0.4 is 9.62 Å². The summed E-state index contributed by atoms with van der Waals surface area (Å²) in [6.45, 7) is 2.28. The average Bonchev–Trinajstić information content (AvgIpc) is 3.67. The van der Waals surface area contributed by atoms with E-state index in [0.29, 0.717) is 18.0 Å². The Morgan fingerprint density at radius 3 is 2.58 bits per heavy atom. The second-order valence-electron chi connectivity index (χ2n) is 10.6. The number of fused-ring (bicyclic) bond motifs is 1. The zero-order valence-corrected chi connectivity index (χ0v) is 23.7. The van der Waals surface area contributed by atoms with Crippen molar-refractivity contribution in [2.45, 2.75) is 49.6 Å². The molecule has 0 spiro atoms. The molecule has 1 fully saturated rings. The predicted molar refractivity (Wildman–Crippen MR) is 157 cm³/mol. The molecule has 0 radical (unpaired) electrons. The van der Waals surface area contributed by atoms with Crippen molar-refractivity contribution in [3.63, 3.8) is 0 Å². The highest BCUT2D eigenvalue weighted by Crippen LogP contribution is 2.49. The van der Waals surface area contributed by atoms with E-state index in [1.165, 1.54) is 17.7 Å². The average molecular weight is 572 g/mol. The van der Waals surface area contributed by atoms with Crippen LogP contribution in [0.3, 0.4) is 0 Å². The molecular formula is C32H30ClN3O3S. The number of anilines is 1. The molecule has 8 heteroatoms. The molecule has 1 heterocycles. The van der Waals surface area contributed by atoms with Crippen LogP contribution in [0.4, 0.5) is 5.69 Å². The number of benzene rings is 3. The Bertz CT molecular complexity index is 1680. The van der Waals surface area contributed by atoms with Gasteiger partial charge in [0.25, 0.3) is 0 Å². The Labute approximate surface area is 240 Å². The van der Waals surface area contributed by atoms with E-state index in [1.807, 2.05) is 66.4 Å². The highest BCUT2D eigenvalue weighted by Gasteiger charge is 2.46. The highest BCUT2D eigenvalue weighted by molar-refractivity contribution is 7.89. The maximum absolute atomic E-state index is 14.0. The summed E-state index contributed by atoms with van der Waals surface area (Å²) in [7, 11) is -3.78. The quantitative estimate of drug-likeness (QED) is 0.267. The molecule has 0 saturated heterocycles. The standard InChI is InChI=1S/C32H30ClN3O3S/c1-21-7-5-11-25(34-21)20-36(32(37)30-19-28(30)22-8-3-2-4-9-22)26-15-13-23-14-16-31(29(23)18-26)35-40(38,39)27-12-6-10-24(33)17-27/h2-13,15,17-18,28,30-31,35H,14,16,19-20H2,1H3/t28-,30-,31-/m0/s1. The second-order valence-corrected chi connectivity index (χ2v) is 12.8. The fourth-order valence-electron chi connectivity index (χ4n) is 5.65. The third-order valence-electron chi connectivity index (χ3n) is 7.79. The van der Waals surface area contributed by atoms with Gasteiger partial charge in [0.05, 0.1) is 17.1 Å². The minimum Gasteiger partial charge on any atom is -0.306 e. The van der Waals surface area contributed by atoms with Gasteiger partial charge in [-0.2, -0.15) is 0 Å². The topological polar surface area (TPSA) is 79.4 Å². The van der Waals surface area contributed by atoms with Gasteiger partial charge in [0.15, 0.2) is 0 Å². The first-order valence-corrected chi connectivity index (χ1v) is 15.3. The number of hydrogen-bond donors (Lipinski definition) is 1. The van der Waals surface area contributed by atoms with Gasteiger partial charge in [-0.25, -0.2) is 13.1 Å². The molecule has 40 heavy (non-hydrogen) atoms. The molecule has 2 aliphatic rings. The number of carbonyl (C=O) groups excluding carboxylic acids is 1. The number of halogens is 1. The van der Waals surface area contributed by atoms with E-state index in [-0.39, 0.29) is 22.6 Å². The number of pyridine rings is 1. The SMILES string of the molecule is Cc1cccc(CN(C(=O)[C@H]2C[C@H]2c2ccccc2)c2ccc3c(c2)[C@@H](NS(=O)(=O)c2cccc(Cl)c2)CC3)n1. The Morgan fingerprint density at radius 2 is 1.80 bits per heavy atom. The summed E-state index contributed by atoms with van der Waals surface area (Å²) < 4.78 is 29.2. The van der Waals surface area contributed by atoms with E-state index in [0.717, 1.165) is 41.0 Å². The molecule has 1 saturated carbocycles. The molecule has 2 aliphatic carbocycles. The molecule has 1 N–H and O–H groups in total. The van der Waals surface area contributed by atoms with Crippen molar-refractivity contribution in [1.29, 1.82) is 0 Å². The van der Waals surface area contributed by atoms with Crippen molar-refractivity contribution < 1.29 is 13.2 Å². The number of aromatic nitrogens is 1. The van der Waals surface area contributed by atoms with E-state index in [9.17, 15) is 13.2 Å². The molecule has 4 aromatic rings. The Kier molecular flexibility index (Phi) is 7.21.